The second-order valence-corrected chi connectivity index (χ2v) is 6.15. The molecule has 0 aromatic heterocycles. The molecule has 1 amide bonds. The van der Waals surface area contributed by atoms with Crippen molar-refractivity contribution >= 4 is 5.91 Å². The van der Waals surface area contributed by atoms with Gasteiger partial charge in [-0.25, -0.2) is 0 Å². The molecule has 1 saturated heterocycles. The molecule has 1 aromatic rings. The number of carbonyl (C=O) groups excluding carboxylic acids is 1. The first-order valence-electron chi connectivity index (χ1n) is 7.67. The van der Waals surface area contributed by atoms with Crippen LogP contribution < -0.4 is 5.73 Å². The number of piperidine rings is 1. The topological polar surface area (TPSA) is 46.3 Å². The standard InChI is InChI=1S/C17H26N2O/c1-4-13-11-19(10-9-16(13)18)17(20)15-7-5-14(6-8-15)12(2)3/h5-8,12-13,16H,4,9-11,18H2,1-3H3. The molecule has 110 valence electrons. The molecule has 1 fully saturated rings. The van der Waals surface area contributed by atoms with Crippen LogP contribution >= 0.6 is 0 Å². The van der Waals surface area contributed by atoms with Gasteiger partial charge in [0.1, 0.15) is 0 Å². The van der Waals surface area contributed by atoms with E-state index in [0.29, 0.717) is 11.8 Å². The highest BCUT2D eigenvalue weighted by atomic mass is 16.2. The molecule has 2 atom stereocenters. The van der Waals surface area contributed by atoms with E-state index in [1.165, 1.54) is 5.56 Å². The van der Waals surface area contributed by atoms with Crippen molar-refractivity contribution in [2.45, 2.75) is 45.6 Å². The Kier molecular flexibility index (Phi) is 4.81. The number of hydrogen-bond donors (Lipinski definition) is 1. The smallest absolute Gasteiger partial charge is 0.253 e. The molecular formula is C17H26N2O. The first-order chi connectivity index (χ1) is 9.52. The Labute approximate surface area is 122 Å². The Hall–Kier alpha value is -1.35. The number of benzene rings is 1. The van der Waals surface area contributed by atoms with E-state index in [1.54, 1.807) is 0 Å². The summed E-state index contributed by atoms with van der Waals surface area (Å²) in [5.41, 5.74) is 8.17. The third-order valence-electron chi connectivity index (χ3n) is 4.43. The second kappa shape index (κ2) is 6.40. The summed E-state index contributed by atoms with van der Waals surface area (Å²) in [5, 5.41) is 0. The molecule has 0 bridgehead atoms. The minimum atomic E-state index is 0.144. The molecule has 1 aliphatic heterocycles. The Balaban J connectivity index is 2.07. The highest BCUT2D eigenvalue weighted by Crippen LogP contribution is 2.21. The molecule has 1 heterocycles. The Morgan fingerprint density at radius 1 is 1.35 bits per heavy atom. The average molecular weight is 274 g/mol. The van der Waals surface area contributed by atoms with E-state index >= 15 is 0 Å². The normalized spacial score (nSPS) is 23.1. The Bertz CT molecular complexity index is 453. The fourth-order valence-electron chi connectivity index (χ4n) is 2.86. The van der Waals surface area contributed by atoms with Gasteiger partial charge in [-0.3, -0.25) is 4.79 Å². The first kappa shape index (κ1) is 15.0. The van der Waals surface area contributed by atoms with Crippen molar-refractivity contribution in [1.82, 2.24) is 4.90 Å². The number of amides is 1. The van der Waals surface area contributed by atoms with E-state index in [-0.39, 0.29) is 11.9 Å². The molecule has 2 N–H and O–H groups in total. The Morgan fingerprint density at radius 2 is 2.00 bits per heavy atom. The van der Waals surface area contributed by atoms with Crippen LogP contribution in [-0.2, 0) is 0 Å². The van der Waals surface area contributed by atoms with Gasteiger partial charge < -0.3 is 10.6 Å². The first-order valence-corrected chi connectivity index (χ1v) is 7.67. The zero-order valence-corrected chi connectivity index (χ0v) is 12.8. The van der Waals surface area contributed by atoms with Gasteiger partial charge in [-0.05, 0) is 36.0 Å². The fourth-order valence-corrected chi connectivity index (χ4v) is 2.86. The number of nitrogens with zero attached hydrogens (tertiary/aromatic N) is 1. The minimum absolute atomic E-state index is 0.144. The number of hydrogen-bond acceptors (Lipinski definition) is 2. The lowest BCUT2D eigenvalue weighted by atomic mass is 9.90. The lowest BCUT2D eigenvalue weighted by molar-refractivity contribution is 0.0649. The van der Waals surface area contributed by atoms with E-state index in [1.807, 2.05) is 17.0 Å². The van der Waals surface area contributed by atoms with Crippen LogP contribution in [0.4, 0.5) is 0 Å². The summed E-state index contributed by atoms with van der Waals surface area (Å²) < 4.78 is 0. The van der Waals surface area contributed by atoms with Gasteiger partial charge in [0, 0.05) is 24.7 Å². The molecule has 1 aromatic carbocycles. The lowest BCUT2D eigenvalue weighted by Gasteiger charge is -2.36. The molecule has 0 saturated carbocycles. The lowest BCUT2D eigenvalue weighted by Crippen LogP contribution is -2.49. The van der Waals surface area contributed by atoms with Gasteiger partial charge >= 0.3 is 0 Å². The average Bonchev–Trinajstić information content (AvgIpc) is 2.47. The minimum Gasteiger partial charge on any atom is -0.338 e. The molecule has 1 aliphatic rings. The van der Waals surface area contributed by atoms with E-state index in [9.17, 15) is 4.79 Å². The van der Waals surface area contributed by atoms with E-state index in [4.69, 9.17) is 5.73 Å². The SMILES string of the molecule is CCC1CN(C(=O)c2ccc(C(C)C)cc2)CCC1N. The summed E-state index contributed by atoms with van der Waals surface area (Å²) in [5.74, 6) is 1.07. The summed E-state index contributed by atoms with van der Waals surface area (Å²) in [7, 11) is 0. The second-order valence-electron chi connectivity index (χ2n) is 6.15. The van der Waals surface area contributed by atoms with Gasteiger partial charge in [-0.2, -0.15) is 0 Å². The van der Waals surface area contributed by atoms with Gasteiger partial charge in [-0.1, -0.05) is 39.3 Å². The van der Waals surface area contributed by atoms with Crippen LogP contribution in [0.3, 0.4) is 0 Å². The monoisotopic (exact) mass is 274 g/mol. The maximum atomic E-state index is 12.5. The van der Waals surface area contributed by atoms with Crippen molar-refractivity contribution in [3.05, 3.63) is 35.4 Å². The third kappa shape index (κ3) is 3.21. The van der Waals surface area contributed by atoms with E-state index < -0.39 is 0 Å². The highest BCUT2D eigenvalue weighted by Gasteiger charge is 2.28. The van der Waals surface area contributed by atoms with E-state index in [2.05, 4.69) is 32.9 Å². The van der Waals surface area contributed by atoms with Crippen molar-refractivity contribution in [2.75, 3.05) is 13.1 Å². The largest absolute Gasteiger partial charge is 0.338 e. The third-order valence-corrected chi connectivity index (χ3v) is 4.43. The summed E-state index contributed by atoms with van der Waals surface area (Å²) in [6.07, 6.45) is 1.95. The number of rotatable bonds is 3. The zero-order chi connectivity index (χ0) is 14.7. The number of nitrogens with two attached hydrogens (primary N) is 1. The van der Waals surface area contributed by atoms with E-state index in [0.717, 1.165) is 31.5 Å². The maximum Gasteiger partial charge on any atom is 0.253 e. The predicted molar refractivity (Wildman–Crippen MR) is 82.8 cm³/mol. The number of likely N-dealkylation sites (tertiary alicyclic amines) is 1. The molecule has 3 nitrogen and oxygen atoms in total. The van der Waals surface area contributed by atoms with Gasteiger partial charge in [0.25, 0.3) is 5.91 Å². The van der Waals surface area contributed by atoms with Crippen LogP contribution in [0.5, 0.6) is 0 Å². The quantitative estimate of drug-likeness (QED) is 0.921. The molecule has 2 unspecified atom stereocenters. The summed E-state index contributed by atoms with van der Waals surface area (Å²) in [6.45, 7) is 8.05. The van der Waals surface area contributed by atoms with Crippen LogP contribution in [-0.4, -0.2) is 29.9 Å². The molecular weight excluding hydrogens is 248 g/mol. The maximum absolute atomic E-state index is 12.5. The van der Waals surface area contributed by atoms with Crippen molar-refractivity contribution in [3.63, 3.8) is 0 Å². The summed E-state index contributed by atoms with van der Waals surface area (Å²) in [4.78, 5) is 14.5. The van der Waals surface area contributed by atoms with Crippen molar-refractivity contribution in [2.24, 2.45) is 11.7 Å². The van der Waals surface area contributed by atoms with Crippen LogP contribution in [0.1, 0.15) is 55.5 Å². The molecule has 2 rings (SSSR count). The van der Waals surface area contributed by atoms with Crippen LogP contribution in [0.15, 0.2) is 24.3 Å². The van der Waals surface area contributed by atoms with Gasteiger partial charge in [-0.15, -0.1) is 0 Å². The van der Waals surface area contributed by atoms with Crippen LogP contribution in [0, 0.1) is 5.92 Å². The molecule has 0 radical (unpaired) electrons. The van der Waals surface area contributed by atoms with Crippen molar-refractivity contribution in [3.8, 4) is 0 Å². The molecule has 20 heavy (non-hydrogen) atoms. The van der Waals surface area contributed by atoms with Gasteiger partial charge in [0.15, 0.2) is 0 Å². The summed E-state index contributed by atoms with van der Waals surface area (Å²) >= 11 is 0. The van der Waals surface area contributed by atoms with Crippen LogP contribution in [0.2, 0.25) is 0 Å². The molecule has 3 heteroatoms. The fraction of sp³-hybridized carbons (Fsp3) is 0.588. The molecule has 0 aliphatic carbocycles. The zero-order valence-electron chi connectivity index (χ0n) is 12.8. The predicted octanol–water partition coefficient (Wildman–Crippen LogP) is 3.01. The van der Waals surface area contributed by atoms with Crippen molar-refractivity contribution < 1.29 is 4.79 Å². The number of carbonyl (C=O) groups is 1. The van der Waals surface area contributed by atoms with Crippen molar-refractivity contribution in [1.29, 1.82) is 0 Å². The Morgan fingerprint density at radius 3 is 2.55 bits per heavy atom. The summed E-state index contributed by atoms with van der Waals surface area (Å²) in [6, 6.07) is 8.27. The van der Waals surface area contributed by atoms with Gasteiger partial charge in [0.2, 0.25) is 0 Å². The van der Waals surface area contributed by atoms with Gasteiger partial charge in [0.05, 0.1) is 0 Å². The highest BCUT2D eigenvalue weighted by molar-refractivity contribution is 5.94. The van der Waals surface area contributed by atoms with Crippen LogP contribution in [0.25, 0.3) is 0 Å². The molecule has 0 spiro atoms.